The van der Waals surface area contributed by atoms with Crippen LogP contribution in [0.15, 0.2) is 24.3 Å². The van der Waals surface area contributed by atoms with Gasteiger partial charge < -0.3 is 5.32 Å². The molecule has 1 atom stereocenters. The molecule has 1 aromatic carbocycles. The lowest BCUT2D eigenvalue weighted by atomic mass is 10.2. The van der Waals surface area contributed by atoms with Crippen molar-refractivity contribution >= 4 is 23.4 Å². The number of rotatable bonds is 7. The van der Waals surface area contributed by atoms with Crippen LogP contribution in [0.25, 0.3) is 0 Å². The normalized spacial score (nSPS) is 12.7. The van der Waals surface area contributed by atoms with Gasteiger partial charge in [-0.05, 0) is 37.3 Å². The van der Waals surface area contributed by atoms with E-state index in [1.54, 1.807) is 0 Å². The maximum Gasteiger partial charge on any atom is 0.0446 e. The summed E-state index contributed by atoms with van der Waals surface area (Å²) in [6, 6.07) is 8.69. The molecule has 0 saturated heterocycles. The first kappa shape index (κ1) is 13.9. The van der Waals surface area contributed by atoms with Crippen LogP contribution in [0.4, 0.5) is 0 Å². The van der Waals surface area contributed by atoms with Crippen LogP contribution < -0.4 is 5.32 Å². The fourth-order valence-corrected chi connectivity index (χ4v) is 2.93. The molecule has 0 bridgehead atoms. The first-order valence-electron chi connectivity index (χ1n) is 5.78. The van der Waals surface area contributed by atoms with Crippen molar-refractivity contribution < 1.29 is 0 Å². The number of hydrogen-bond acceptors (Lipinski definition) is 2. The van der Waals surface area contributed by atoms with Crippen LogP contribution in [0.5, 0.6) is 0 Å². The van der Waals surface area contributed by atoms with Crippen LogP contribution >= 0.6 is 23.4 Å². The first-order chi connectivity index (χ1) is 7.74. The molecule has 0 aromatic heterocycles. The quantitative estimate of drug-likeness (QED) is 0.742. The van der Waals surface area contributed by atoms with E-state index in [0.29, 0.717) is 6.04 Å². The van der Waals surface area contributed by atoms with Crippen molar-refractivity contribution in [3.63, 3.8) is 0 Å². The minimum absolute atomic E-state index is 0.615. The summed E-state index contributed by atoms with van der Waals surface area (Å²) in [7, 11) is 0. The standard InChI is InChI=1S/C13H20ClNS/c1-3-15-11(2)8-9-16-10-12-6-4-5-7-13(12)14/h4-7,11,15H,3,8-10H2,1-2H3. The molecule has 1 rings (SSSR count). The summed E-state index contributed by atoms with van der Waals surface area (Å²) in [5, 5.41) is 4.30. The Morgan fingerprint density at radius 1 is 1.38 bits per heavy atom. The molecule has 3 heteroatoms. The Hall–Kier alpha value is -0.180. The molecule has 1 unspecified atom stereocenters. The maximum absolute atomic E-state index is 6.09. The number of halogens is 1. The summed E-state index contributed by atoms with van der Waals surface area (Å²) in [4.78, 5) is 0. The Balaban J connectivity index is 2.19. The average Bonchev–Trinajstić information content (AvgIpc) is 2.27. The molecule has 16 heavy (non-hydrogen) atoms. The zero-order valence-corrected chi connectivity index (χ0v) is 11.6. The van der Waals surface area contributed by atoms with Gasteiger partial charge in [0.05, 0.1) is 0 Å². The van der Waals surface area contributed by atoms with E-state index in [-0.39, 0.29) is 0 Å². The largest absolute Gasteiger partial charge is 0.315 e. The fourth-order valence-electron chi connectivity index (χ4n) is 1.51. The van der Waals surface area contributed by atoms with Gasteiger partial charge >= 0.3 is 0 Å². The zero-order chi connectivity index (χ0) is 11.8. The Bertz CT molecular complexity index is 304. The van der Waals surface area contributed by atoms with Crippen LogP contribution in [0.2, 0.25) is 5.02 Å². The van der Waals surface area contributed by atoms with E-state index >= 15 is 0 Å². The number of thioether (sulfide) groups is 1. The molecular formula is C13H20ClNS. The molecule has 0 amide bonds. The molecule has 90 valence electrons. The summed E-state index contributed by atoms with van der Waals surface area (Å²) in [5.41, 5.74) is 1.24. The summed E-state index contributed by atoms with van der Waals surface area (Å²) in [5.74, 6) is 2.19. The highest BCUT2D eigenvalue weighted by molar-refractivity contribution is 7.98. The molecule has 0 aliphatic heterocycles. The maximum atomic E-state index is 6.09. The monoisotopic (exact) mass is 257 g/mol. The lowest BCUT2D eigenvalue weighted by Crippen LogP contribution is -2.25. The lowest BCUT2D eigenvalue weighted by Gasteiger charge is -2.11. The van der Waals surface area contributed by atoms with Gasteiger partial charge in [0.25, 0.3) is 0 Å². The molecule has 0 aliphatic carbocycles. The van der Waals surface area contributed by atoms with Gasteiger partial charge in [0.2, 0.25) is 0 Å². The van der Waals surface area contributed by atoms with Gasteiger partial charge in [-0.15, -0.1) is 0 Å². The van der Waals surface area contributed by atoms with Crippen molar-refractivity contribution in [2.75, 3.05) is 12.3 Å². The second-order valence-corrected chi connectivity index (χ2v) is 5.40. The number of hydrogen-bond donors (Lipinski definition) is 1. The van der Waals surface area contributed by atoms with Gasteiger partial charge in [-0.3, -0.25) is 0 Å². The summed E-state index contributed by atoms with van der Waals surface area (Å²) < 4.78 is 0. The van der Waals surface area contributed by atoms with Crippen molar-refractivity contribution in [1.82, 2.24) is 5.32 Å². The van der Waals surface area contributed by atoms with E-state index < -0.39 is 0 Å². The third kappa shape index (κ3) is 5.24. The van der Waals surface area contributed by atoms with E-state index in [1.807, 2.05) is 30.0 Å². The van der Waals surface area contributed by atoms with E-state index in [2.05, 4.69) is 25.2 Å². The second kappa shape index (κ2) is 7.99. The van der Waals surface area contributed by atoms with Crippen molar-refractivity contribution in [2.45, 2.75) is 32.1 Å². The fraction of sp³-hybridized carbons (Fsp3) is 0.538. The molecule has 0 spiro atoms. The van der Waals surface area contributed by atoms with Crippen molar-refractivity contribution in [1.29, 1.82) is 0 Å². The van der Waals surface area contributed by atoms with Gasteiger partial charge in [0.1, 0.15) is 0 Å². The minimum atomic E-state index is 0.615. The Labute approximate surface area is 108 Å². The third-order valence-corrected chi connectivity index (χ3v) is 3.87. The Morgan fingerprint density at radius 3 is 2.81 bits per heavy atom. The summed E-state index contributed by atoms with van der Waals surface area (Å²) in [6.07, 6.45) is 1.21. The number of nitrogens with one attached hydrogen (secondary N) is 1. The molecule has 0 saturated carbocycles. The summed E-state index contributed by atoms with van der Waals surface area (Å²) >= 11 is 8.04. The van der Waals surface area contributed by atoms with Crippen LogP contribution in [0.3, 0.4) is 0 Å². The van der Waals surface area contributed by atoms with Crippen molar-refractivity contribution in [3.8, 4) is 0 Å². The summed E-state index contributed by atoms with van der Waals surface area (Å²) in [6.45, 7) is 5.43. The van der Waals surface area contributed by atoms with Gasteiger partial charge in [-0.1, -0.05) is 36.7 Å². The van der Waals surface area contributed by atoms with E-state index in [1.165, 1.54) is 17.7 Å². The molecule has 1 N–H and O–H groups in total. The molecule has 0 aliphatic rings. The molecular weight excluding hydrogens is 238 g/mol. The number of benzene rings is 1. The second-order valence-electron chi connectivity index (χ2n) is 3.89. The van der Waals surface area contributed by atoms with E-state index in [0.717, 1.165) is 17.3 Å². The zero-order valence-electron chi connectivity index (χ0n) is 10.0. The molecule has 0 heterocycles. The van der Waals surface area contributed by atoms with Crippen molar-refractivity contribution in [2.24, 2.45) is 0 Å². The Morgan fingerprint density at radius 2 is 2.12 bits per heavy atom. The lowest BCUT2D eigenvalue weighted by molar-refractivity contribution is 0.556. The van der Waals surface area contributed by atoms with Crippen LogP contribution in [0.1, 0.15) is 25.8 Å². The predicted octanol–water partition coefficient (Wildman–Crippen LogP) is 3.96. The molecule has 1 nitrogen and oxygen atoms in total. The topological polar surface area (TPSA) is 12.0 Å². The van der Waals surface area contributed by atoms with E-state index in [4.69, 9.17) is 11.6 Å². The molecule has 0 fully saturated rings. The van der Waals surface area contributed by atoms with E-state index in [9.17, 15) is 0 Å². The predicted molar refractivity (Wildman–Crippen MR) is 75.4 cm³/mol. The van der Waals surface area contributed by atoms with Crippen molar-refractivity contribution in [3.05, 3.63) is 34.9 Å². The average molecular weight is 258 g/mol. The molecule has 0 radical (unpaired) electrons. The first-order valence-corrected chi connectivity index (χ1v) is 7.31. The van der Waals surface area contributed by atoms with Crippen LogP contribution in [0, 0.1) is 0 Å². The third-order valence-electron chi connectivity index (χ3n) is 2.46. The van der Waals surface area contributed by atoms with Crippen LogP contribution in [-0.4, -0.2) is 18.3 Å². The highest BCUT2D eigenvalue weighted by Gasteiger charge is 2.01. The van der Waals surface area contributed by atoms with Gasteiger partial charge in [-0.25, -0.2) is 0 Å². The van der Waals surface area contributed by atoms with Gasteiger partial charge in [-0.2, -0.15) is 11.8 Å². The minimum Gasteiger partial charge on any atom is -0.315 e. The van der Waals surface area contributed by atoms with Gasteiger partial charge in [0.15, 0.2) is 0 Å². The highest BCUT2D eigenvalue weighted by Crippen LogP contribution is 2.21. The smallest absolute Gasteiger partial charge is 0.0446 e. The van der Waals surface area contributed by atoms with Crippen LogP contribution in [-0.2, 0) is 5.75 Å². The van der Waals surface area contributed by atoms with Gasteiger partial charge in [0, 0.05) is 16.8 Å². The Kier molecular flexibility index (Phi) is 6.93. The highest BCUT2D eigenvalue weighted by atomic mass is 35.5. The SMILES string of the molecule is CCNC(C)CCSCc1ccccc1Cl. The molecule has 1 aromatic rings.